The quantitative estimate of drug-likeness (QED) is 0.818. The molecule has 21 heavy (non-hydrogen) atoms. The highest BCUT2D eigenvalue weighted by atomic mass is 79.9. The van der Waals surface area contributed by atoms with Crippen molar-refractivity contribution in [3.05, 3.63) is 58.1 Å². The summed E-state index contributed by atoms with van der Waals surface area (Å²) in [4.78, 5) is 4.16. The summed E-state index contributed by atoms with van der Waals surface area (Å²) in [7, 11) is 1.67. The lowest BCUT2D eigenvalue weighted by molar-refractivity contribution is 0.185. The summed E-state index contributed by atoms with van der Waals surface area (Å²) in [5.74, 6) is -0.323. The molecule has 0 saturated heterocycles. The molecule has 0 aliphatic rings. The first kappa shape index (κ1) is 15.9. The van der Waals surface area contributed by atoms with Crippen LogP contribution in [0.5, 0.6) is 0 Å². The van der Waals surface area contributed by atoms with Gasteiger partial charge in [0.25, 0.3) is 0 Å². The van der Waals surface area contributed by atoms with Crippen molar-refractivity contribution in [2.45, 2.75) is 26.0 Å². The molecule has 0 amide bonds. The third kappa shape index (κ3) is 4.02. The molecular weight excluding hydrogens is 335 g/mol. The van der Waals surface area contributed by atoms with Gasteiger partial charge in [0.2, 0.25) is 0 Å². The normalized spacial score (nSPS) is 12.2. The van der Waals surface area contributed by atoms with E-state index in [1.54, 1.807) is 13.2 Å². The Morgan fingerprint density at radius 2 is 2.14 bits per heavy atom. The van der Waals surface area contributed by atoms with Gasteiger partial charge in [-0.2, -0.15) is 0 Å². The third-order valence-corrected chi connectivity index (χ3v) is 4.00. The molecular formula is C16H18BrFN2O. The summed E-state index contributed by atoms with van der Waals surface area (Å²) in [6, 6.07) is 9.13. The number of aromatic nitrogens is 1. The van der Waals surface area contributed by atoms with E-state index in [0.29, 0.717) is 6.61 Å². The first-order valence-corrected chi connectivity index (χ1v) is 7.59. The Labute approximate surface area is 132 Å². The minimum Gasteiger partial charge on any atom is -0.380 e. The zero-order valence-corrected chi connectivity index (χ0v) is 13.7. The Bertz CT molecular complexity index is 589. The number of pyridine rings is 1. The Morgan fingerprint density at radius 3 is 2.76 bits per heavy atom. The number of anilines is 1. The number of methoxy groups -OCH3 is 1. The summed E-state index contributed by atoms with van der Waals surface area (Å²) in [6.45, 7) is 2.58. The van der Waals surface area contributed by atoms with E-state index in [1.807, 2.05) is 18.2 Å². The summed E-state index contributed by atoms with van der Waals surface area (Å²) in [6.07, 6.45) is 2.09. The number of nitrogens with zero attached hydrogens (tertiary/aromatic N) is 1. The molecule has 0 aliphatic carbocycles. The molecule has 1 atom stereocenters. The predicted molar refractivity (Wildman–Crippen MR) is 85.7 cm³/mol. The van der Waals surface area contributed by atoms with Gasteiger partial charge < -0.3 is 10.1 Å². The minimum absolute atomic E-state index is 0.0236. The second-order valence-electron chi connectivity index (χ2n) is 4.71. The molecule has 0 spiro atoms. The highest BCUT2D eigenvalue weighted by Gasteiger charge is 2.14. The Balaban J connectivity index is 2.26. The van der Waals surface area contributed by atoms with Crippen LogP contribution in [0.2, 0.25) is 0 Å². The summed E-state index contributed by atoms with van der Waals surface area (Å²) >= 11 is 3.54. The van der Waals surface area contributed by atoms with Crippen molar-refractivity contribution in [1.82, 2.24) is 4.98 Å². The van der Waals surface area contributed by atoms with Gasteiger partial charge in [0.05, 0.1) is 24.5 Å². The van der Waals surface area contributed by atoms with Crippen LogP contribution in [0.1, 0.15) is 30.6 Å². The van der Waals surface area contributed by atoms with Crippen molar-refractivity contribution in [1.29, 1.82) is 0 Å². The maximum absolute atomic E-state index is 13.0. The number of benzene rings is 1. The van der Waals surface area contributed by atoms with Crippen molar-refractivity contribution < 1.29 is 9.13 Å². The van der Waals surface area contributed by atoms with Crippen molar-refractivity contribution in [3.8, 4) is 0 Å². The number of ether oxygens (including phenoxy) is 1. The Kier molecular flexibility index (Phi) is 5.70. The maximum atomic E-state index is 13.0. The van der Waals surface area contributed by atoms with E-state index in [9.17, 15) is 4.39 Å². The molecule has 1 aromatic carbocycles. The van der Waals surface area contributed by atoms with Gasteiger partial charge in [0, 0.05) is 22.8 Å². The average molecular weight is 353 g/mol. The minimum atomic E-state index is -0.323. The molecule has 0 bridgehead atoms. The van der Waals surface area contributed by atoms with Crippen LogP contribution in [-0.4, -0.2) is 12.1 Å². The number of hydrogen-bond acceptors (Lipinski definition) is 3. The summed E-state index contributed by atoms with van der Waals surface area (Å²) in [5.41, 5.74) is 2.87. The average Bonchev–Trinajstić information content (AvgIpc) is 2.49. The predicted octanol–water partition coefficient (Wildman–Crippen LogP) is 4.69. The third-order valence-electron chi connectivity index (χ3n) is 3.25. The molecule has 112 valence electrons. The standard InChI is InChI=1S/C16H18BrFN2O/c1-3-14(16-8-7-11(18)9-19-16)20-15-6-4-5-13(17)12(15)10-21-2/h4-9,14,20H,3,10H2,1-2H3. The zero-order chi connectivity index (χ0) is 15.2. The molecule has 0 aliphatic heterocycles. The second-order valence-corrected chi connectivity index (χ2v) is 5.56. The van der Waals surface area contributed by atoms with Gasteiger partial charge in [-0.05, 0) is 30.7 Å². The molecule has 5 heteroatoms. The van der Waals surface area contributed by atoms with Crippen LogP contribution in [0.15, 0.2) is 41.0 Å². The smallest absolute Gasteiger partial charge is 0.141 e. The topological polar surface area (TPSA) is 34.1 Å². The molecule has 1 unspecified atom stereocenters. The molecule has 2 rings (SSSR count). The van der Waals surface area contributed by atoms with Crippen LogP contribution < -0.4 is 5.32 Å². The van der Waals surface area contributed by atoms with E-state index in [4.69, 9.17) is 4.74 Å². The van der Waals surface area contributed by atoms with E-state index >= 15 is 0 Å². The van der Waals surface area contributed by atoms with E-state index in [0.717, 1.165) is 27.8 Å². The van der Waals surface area contributed by atoms with Gasteiger partial charge in [-0.3, -0.25) is 4.98 Å². The summed E-state index contributed by atoms with van der Waals surface area (Å²) in [5, 5.41) is 3.46. The van der Waals surface area contributed by atoms with Crippen LogP contribution in [0.4, 0.5) is 10.1 Å². The monoisotopic (exact) mass is 352 g/mol. The molecule has 0 saturated carbocycles. The molecule has 0 fully saturated rings. The van der Waals surface area contributed by atoms with Crippen molar-refractivity contribution in [3.63, 3.8) is 0 Å². The SMILES string of the molecule is CCC(Nc1cccc(Br)c1COC)c1ccc(F)cn1. The Hall–Kier alpha value is -1.46. The fourth-order valence-electron chi connectivity index (χ4n) is 2.15. The number of hydrogen-bond donors (Lipinski definition) is 1. The number of rotatable bonds is 6. The number of halogens is 2. The van der Waals surface area contributed by atoms with Crippen molar-refractivity contribution in [2.75, 3.05) is 12.4 Å². The highest BCUT2D eigenvalue weighted by molar-refractivity contribution is 9.10. The van der Waals surface area contributed by atoms with E-state index in [1.165, 1.54) is 12.3 Å². The second kappa shape index (κ2) is 7.52. The lowest BCUT2D eigenvalue weighted by Gasteiger charge is -2.20. The van der Waals surface area contributed by atoms with Gasteiger partial charge in [0.15, 0.2) is 0 Å². The van der Waals surface area contributed by atoms with E-state index < -0.39 is 0 Å². The van der Waals surface area contributed by atoms with E-state index in [2.05, 4.69) is 33.2 Å². The fraction of sp³-hybridized carbons (Fsp3) is 0.312. The maximum Gasteiger partial charge on any atom is 0.141 e. The van der Waals surface area contributed by atoms with Crippen LogP contribution >= 0.6 is 15.9 Å². The first-order valence-electron chi connectivity index (χ1n) is 6.80. The molecule has 1 N–H and O–H groups in total. The Morgan fingerprint density at radius 1 is 1.33 bits per heavy atom. The molecule has 0 radical (unpaired) electrons. The van der Waals surface area contributed by atoms with Gasteiger partial charge in [-0.25, -0.2) is 4.39 Å². The fourth-order valence-corrected chi connectivity index (χ4v) is 2.63. The van der Waals surface area contributed by atoms with Crippen LogP contribution in [-0.2, 0) is 11.3 Å². The van der Waals surface area contributed by atoms with Gasteiger partial charge >= 0.3 is 0 Å². The van der Waals surface area contributed by atoms with E-state index in [-0.39, 0.29) is 11.9 Å². The summed E-state index contributed by atoms with van der Waals surface area (Å²) < 4.78 is 19.2. The lowest BCUT2D eigenvalue weighted by atomic mass is 10.1. The molecule has 2 aromatic rings. The molecule has 3 nitrogen and oxygen atoms in total. The van der Waals surface area contributed by atoms with Crippen molar-refractivity contribution >= 4 is 21.6 Å². The number of nitrogens with one attached hydrogen (secondary N) is 1. The first-order chi connectivity index (χ1) is 10.2. The van der Waals surface area contributed by atoms with Crippen LogP contribution in [0.3, 0.4) is 0 Å². The zero-order valence-electron chi connectivity index (χ0n) is 12.1. The largest absolute Gasteiger partial charge is 0.380 e. The van der Waals surface area contributed by atoms with Crippen molar-refractivity contribution in [2.24, 2.45) is 0 Å². The van der Waals surface area contributed by atoms with Gasteiger partial charge in [0.1, 0.15) is 5.82 Å². The van der Waals surface area contributed by atoms with Gasteiger partial charge in [-0.15, -0.1) is 0 Å². The lowest BCUT2D eigenvalue weighted by Crippen LogP contribution is -2.13. The van der Waals surface area contributed by atoms with Gasteiger partial charge in [-0.1, -0.05) is 28.9 Å². The van der Waals surface area contributed by atoms with Crippen LogP contribution in [0, 0.1) is 5.82 Å². The van der Waals surface area contributed by atoms with Crippen LogP contribution in [0.25, 0.3) is 0 Å². The highest BCUT2D eigenvalue weighted by Crippen LogP contribution is 2.29. The molecule has 1 aromatic heterocycles. The molecule has 1 heterocycles.